The van der Waals surface area contributed by atoms with Gasteiger partial charge in [-0.2, -0.15) is 18.3 Å². The van der Waals surface area contributed by atoms with E-state index in [2.05, 4.69) is 5.10 Å². The van der Waals surface area contributed by atoms with Crippen molar-refractivity contribution < 1.29 is 18.0 Å². The summed E-state index contributed by atoms with van der Waals surface area (Å²) in [5.41, 5.74) is 0.424. The van der Waals surface area contributed by atoms with Crippen LogP contribution < -0.4 is 4.90 Å². The molecular weight excluding hydrogens is 307 g/mol. The van der Waals surface area contributed by atoms with Crippen LogP contribution in [0, 0.1) is 0 Å². The van der Waals surface area contributed by atoms with Gasteiger partial charge in [-0.15, -0.1) is 0 Å². The van der Waals surface area contributed by atoms with Gasteiger partial charge in [0.1, 0.15) is 0 Å². The smallest absolute Gasteiger partial charge is 0.313 e. The van der Waals surface area contributed by atoms with Gasteiger partial charge in [-0.25, -0.2) is 0 Å². The Balaban J connectivity index is 2.10. The highest BCUT2D eigenvalue weighted by atomic mass is 19.4. The molecule has 1 amide bonds. The van der Waals surface area contributed by atoms with Crippen molar-refractivity contribution in [1.29, 1.82) is 0 Å². The van der Waals surface area contributed by atoms with E-state index in [1.54, 1.807) is 24.9 Å². The minimum absolute atomic E-state index is 0.212. The topological polar surface area (TPSA) is 38.1 Å². The zero-order valence-corrected chi connectivity index (χ0v) is 13.0. The summed E-state index contributed by atoms with van der Waals surface area (Å²) in [6.45, 7) is 2.05. The predicted octanol–water partition coefficient (Wildman–Crippen LogP) is 3.42. The maximum absolute atomic E-state index is 12.8. The summed E-state index contributed by atoms with van der Waals surface area (Å²) in [6.07, 6.45) is -0.215. The summed E-state index contributed by atoms with van der Waals surface area (Å²) in [4.78, 5) is 13.7. The average molecular weight is 325 g/mol. The Morgan fingerprint density at radius 2 is 2.09 bits per heavy atom. The van der Waals surface area contributed by atoms with E-state index >= 15 is 0 Å². The molecule has 1 aromatic carbocycles. The van der Waals surface area contributed by atoms with Crippen molar-refractivity contribution in [2.75, 3.05) is 11.4 Å². The van der Waals surface area contributed by atoms with Gasteiger partial charge >= 0.3 is 6.18 Å². The van der Waals surface area contributed by atoms with E-state index in [9.17, 15) is 18.0 Å². The Hall–Kier alpha value is -2.31. The fourth-order valence-electron chi connectivity index (χ4n) is 2.34. The van der Waals surface area contributed by atoms with Gasteiger partial charge in [-0.1, -0.05) is 6.07 Å². The van der Waals surface area contributed by atoms with Crippen molar-refractivity contribution >= 4 is 11.6 Å². The molecule has 2 rings (SSSR count). The van der Waals surface area contributed by atoms with Crippen molar-refractivity contribution in [2.24, 2.45) is 7.05 Å². The van der Waals surface area contributed by atoms with Crippen LogP contribution in [0.1, 0.15) is 24.5 Å². The van der Waals surface area contributed by atoms with Gasteiger partial charge in [-0.05, 0) is 37.1 Å². The molecule has 4 nitrogen and oxygen atoms in total. The second-order valence-corrected chi connectivity index (χ2v) is 5.21. The lowest BCUT2D eigenvalue weighted by atomic mass is 10.1. The van der Waals surface area contributed by atoms with Crippen molar-refractivity contribution in [1.82, 2.24) is 9.78 Å². The molecule has 0 saturated heterocycles. The normalized spacial score (nSPS) is 11.5. The molecule has 0 radical (unpaired) electrons. The van der Waals surface area contributed by atoms with Crippen LogP contribution in [-0.2, 0) is 24.4 Å². The molecule has 7 heteroatoms. The first-order valence-electron chi connectivity index (χ1n) is 7.26. The summed E-state index contributed by atoms with van der Waals surface area (Å²) in [6, 6.07) is 4.83. The van der Waals surface area contributed by atoms with Crippen molar-refractivity contribution in [3.8, 4) is 0 Å². The molecule has 0 bridgehead atoms. The number of nitrogens with zero attached hydrogens (tertiary/aromatic N) is 3. The monoisotopic (exact) mass is 325 g/mol. The summed E-state index contributed by atoms with van der Waals surface area (Å²) in [5.74, 6) is -0.212. The van der Waals surface area contributed by atoms with Crippen LogP contribution in [0.4, 0.5) is 18.9 Å². The molecule has 1 heterocycles. The molecule has 0 aliphatic carbocycles. The molecule has 0 aliphatic heterocycles. The zero-order chi connectivity index (χ0) is 17.0. The number of carbonyl (C=O) groups excluding carboxylic acids is 1. The maximum atomic E-state index is 12.8. The number of anilines is 1. The lowest BCUT2D eigenvalue weighted by molar-refractivity contribution is -0.137. The first kappa shape index (κ1) is 17.1. The first-order chi connectivity index (χ1) is 10.8. The molecule has 0 N–H and O–H groups in total. The van der Waals surface area contributed by atoms with Gasteiger partial charge in [0.05, 0.1) is 11.8 Å². The molecule has 0 fully saturated rings. The van der Waals surface area contributed by atoms with E-state index in [0.717, 1.165) is 17.7 Å². The number of amides is 1. The van der Waals surface area contributed by atoms with Crippen LogP contribution in [-0.4, -0.2) is 22.2 Å². The highest BCUT2D eigenvalue weighted by molar-refractivity contribution is 5.93. The van der Waals surface area contributed by atoms with E-state index in [0.29, 0.717) is 13.0 Å². The minimum atomic E-state index is -4.42. The van der Waals surface area contributed by atoms with Crippen LogP contribution in [0.2, 0.25) is 0 Å². The maximum Gasteiger partial charge on any atom is 0.416 e. The third kappa shape index (κ3) is 4.34. The lowest BCUT2D eigenvalue weighted by Gasteiger charge is -2.22. The summed E-state index contributed by atoms with van der Waals surface area (Å²) in [5, 5.41) is 4.02. The molecule has 0 aliphatic rings. The third-order valence-electron chi connectivity index (χ3n) is 3.49. The number of aryl methyl sites for hydroxylation is 2. The van der Waals surface area contributed by atoms with Gasteiger partial charge in [-0.3, -0.25) is 9.48 Å². The van der Waals surface area contributed by atoms with Crippen LogP contribution >= 0.6 is 0 Å². The van der Waals surface area contributed by atoms with E-state index in [-0.39, 0.29) is 18.0 Å². The number of rotatable bonds is 5. The van der Waals surface area contributed by atoms with Gasteiger partial charge in [0.25, 0.3) is 0 Å². The average Bonchev–Trinajstić information content (AvgIpc) is 2.91. The summed E-state index contributed by atoms with van der Waals surface area (Å²) < 4.78 is 40.0. The molecule has 2 aromatic rings. The highest BCUT2D eigenvalue weighted by Gasteiger charge is 2.31. The first-order valence-corrected chi connectivity index (χ1v) is 7.26. The Labute approximate surface area is 132 Å². The SMILES string of the molecule is CCN(C(=O)CCc1cnn(C)c1)c1cccc(C(F)(F)F)c1. The van der Waals surface area contributed by atoms with Gasteiger partial charge in [0, 0.05) is 31.9 Å². The summed E-state index contributed by atoms with van der Waals surface area (Å²) in [7, 11) is 1.78. The number of benzene rings is 1. The molecule has 124 valence electrons. The quantitative estimate of drug-likeness (QED) is 0.845. The Morgan fingerprint density at radius 3 is 2.65 bits per heavy atom. The predicted molar refractivity (Wildman–Crippen MR) is 81.0 cm³/mol. The Bertz CT molecular complexity index is 679. The fourth-order valence-corrected chi connectivity index (χ4v) is 2.34. The van der Waals surface area contributed by atoms with Crippen molar-refractivity contribution in [2.45, 2.75) is 25.9 Å². The largest absolute Gasteiger partial charge is 0.416 e. The molecule has 23 heavy (non-hydrogen) atoms. The molecule has 0 atom stereocenters. The number of halogens is 3. The van der Waals surface area contributed by atoms with Crippen LogP contribution in [0.3, 0.4) is 0 Å². The highest BCUT2D eigenvalue weighted by Crippen LogP contribution is 2.31. The molecule has 0 saturated carbocycles. The number of hydrogen-bond donors (Lipinski definition) is 0. The third-order valence-corrected chi connectivity index (χ3v) is 3.49. The van der Waals surface area contributed by atoms with E-state index in [1.165, 1.54) is 17.0 Å². The van der Waals surface area contributed by atoms with E-state index in [1.807, 2.05) is 6.20 Å². The van der Waals surface area contributed by atoms with E-state index in [4.69, 9.17) is 0 Å². The number of alkyl halides is 3. The van der Waals surface area contributed by atoms with E-state index < -0.39 is 11.7 Å². The second kappa shape index (κ2) is 6.85. The Morgan fingerprint density at radius 1 is 1.35 bits per heavy atom. The Kier molecular flexibility index (Phi) is 5.08. The van der Waals surface area contributed by atoms with Crippen LogP contribution in [0.25, 0.3) is 0 Å². The zero-order valence-electron chi connectivity index (χ0n) is 13.0. The van der Waals surface area contributed by atoms with Crippen LogP contribution in [0.5, 0.6) is 0 Å². The number of aromatic nitrogens is 2. The standard InChI is InChI=1S/C16H18F3N3O/c1-3-22(14-6-4-5-13(9-14)16(17,18)19)15(23)8-7-12-10-20-21(2)11-12/h4-6,9-11H,3,7-8H2,1-2H3. The van der Waals surface area contributed by atoms with Gasteiger partial charge in [0.2, 0.25) is 5.91 Å². The lowest BCUT2D eigenvalue weighted by Crippen LogP contribution is -2.31. The molecule has 1 aromatic heterocycles. The molecule has 0 unspecified atom stereocenters. The molecular formula is C16H18F3N3O. The second-order valence-electron chi connectivity index (χ2n) is 5.21. The van der Waals surface area contributed by atoms with Gasteiger partial charge in [0.15, 0.2) is 0 Å². The molecule has 0 spiro atoms. The number of hydrogen-bond acceptors (Lipinski definition) is 2. The minimum Gasteiger partial charge on any atom is -0.313 e. The van der Waals surface area contributed by atoms with Crippen molar-refractivity contribution in [3.05, 3.63) is 47.8 Å². The number of carbonyl (C=O) groups is 1. The van der Waals surface area contributed by atoms with Gasteiger partial charge < -0.3 is 4.90 Å². The van der Waals surface area contributed by atoms with Crippen LogP contribution in [0.15, 0.2) is 36.7 Å². The van der Waals surface area contributed by atoms with Crippen molar-refractivity contribution in [3.63, 3.8) is 0 Å². The fraction of sp³-hybridized carbons (Fsp3) is 0.375. The summed E-state index contributed by atoms with van der Waals surface area (Å²) >= 11 is 0.